The SMILES string of the molecule is CCOC(=O)C(C)(N)CCCCN1CCOCC1C. The van der Waals surface area contributed by atoms with Crippen molar-refractivity contribution in [3.63, 3.8) is 0 Å². The summed E-state index contributed by atoms with van der Waals surface area (Å²) in [5, 5.41) is 0. The van der Waals surface area contributed by atoms with Crippen molar-refractivity contribution in [1.29, 1.82) is 0 Å². The summed E-state index contributed by atoms with van der Waals surface area (Å²) in [6.07, 6.45) is 2.66. The van der Waals surface area contributed by atoms with Crippen LogP contribution in [0.25, 0.3) is 0 Å². The van der Waals surface area contributed by atoms with Crippen LogP contribution in [0.3, 0.4) is 0 Å². The number of hydrogen-bond acceptors (Lipinski definition) is 5. The first-order valence-electron chi connectivity index (χ1n) is 7.25. The molecule has 0 amide bonds. The van der Waals surface area contributed by atoms with Gasteiger partial charge >= 0.3 is 5.97 Å². The van der Waals surface area contributed by atoms with Crippen molar-refractivity contribution >= 4 is 5.97 Å². The molecule has 1 aliphatic heterocycles. The predicted molar refractivity (Wildman–Crippen MR) is 74.9 cm³/mol. The van der Waals surface area contributed by atoms with Crippen molar-refractivity contribution in [2.75, 3.05) is 32.9 Å². The molecule has 1 rings (SSSR count). The van der Waals surface area contributed by atoms with Crippen molar-refractivity contribution < 1.29 is 14.3 Å². The topological polar surface area (TPSA) is 64.8 Å². The molecule has 19 heavy (non-hydrogen) atoms. The van der Waals surface area contributed by atoms with Crippen LogP contribution in [0.15, 0.2) is 0 Å². The van der Waals surface area contributed by atoms with Crippen LogP contribution in [0.5, 0.6) is 0 Å². The van der Waals surface area contributed by atoms with E-state index < -0.39 is 5.54 Å². The van der Waals surface area contributed by atoms with Crippen LogP contribution in [-0.4, -0.2) is 55.4 Å². The van der Waals surface area contributed by atoms with Crippen LogP contribution in [0.1, 0.15) is 40.0 Å². The van der Waals surface area contributed by atoms with Gasteiger partial charge in [0.15, 0.2) is 0 Å². The van der Waals surface area contributed by atoms with Crippen molar-refractivity contribution in [3.05, 3.63) is 0 Å². The van der Waals surface area contributed by atoms with Crippen LogP contribution in [0.4, 0.5) is 0 Å². The fraction of sp³-hybridized carbons (Fsp3) is 0.929. The van der Waals surface area contributed by atoms with Gasteiger partial charge in [0, 0.05) is 12.6 Å². The summed E-state index contributed by atoms with van der Waals surface area (Å²) in [4.78, 5) is 14.1. The Morgan fingerprint density at radius 1 is 1.53 bits per heavy atom. The summed E-state index contributed by atoms with van der Waals surface area (Å²) < 4.78 is 10.4. The molecule has 0 aromatic rings. The van der Waals surface area contributed by atoms with Gasteiger partial charge in [-0.2, -0.15) is 0 Å². The first-order valence-corrected chi connectivity index (χ1v) is 7.25. The Balaban J connectivity index is 2.20. The average molecular weight is 272 g/mol. The maximum atomic E-state index is 11.6. The van der Waals surface area contributed by atoms with E-state index in [-0.39, 0.29) is 5.97 Å². The molecule has 0 bridgehead atoms. The molecule has 2 N–H and O–H groups in total. The van der Waals surface area contributed by atoms with Crippen LogP contribution in [-0.2, 0) is 14.3 Å². The highest BCUT2D eigenvalue weighted by Crippen LogP contribution is 2.14. The van der Waals surface area contributed by atoms with Crippen LogP contribution >= 0.6 is 0 Å². The first-order chi connectivity index (χ1) is 8.97. The van der Waals surface area contributed by atoms with E-state index in [2.05, 4.69) is 11.8 Å². The molecular weight excluding hydrogens is 244 g/mol. The molecule has 5 nitrogen and oxygen atoms in total. The highest BCUT2D eigenvalue weighted by Gasteiger charge is 2.29. The van der Waals surface area contributed by atoms with Gasteiger partial charge in [-0.25, -0.2) is 0 Å². The van der Waals surface area contributed by atoms with Gasteiger partial charge in [0.1, 0.15) is 5.54 Å². The quantitative estimate of drug-likeness (QED) is 0.556. The lowest BCUT2D eigenvalue weighted by Crippen LogP contribution is -2.46. The number of ether oxygens (including phenoxy) is 2. The molecule has 2 atom stereocenters. The largest absolute Gasteiger partial charge is 0.465 e. The second kappa shape index (κ2) is 7.82. The molecule has 2 unspecified atom stereocenters. The average Bonchev–Trinajstić information content (AvgIpc) is 2.37. The molecule has 0 aromatic carbocycles. The molecule has 1 saturated heterocycles. The second-order valence-electron chi connectivity index (χ2n) is 5.55. The monoisotopic (exact) mass is 272 g/mol. The summed E-state index contributed by atoms with van der Waals surface area (Å²) in [7, 11) is 0. The molecule has 5 heteroatoms. The lowest BCUT2D eigenvalue weighted by Gasteiger charge is -2.33. The maximum absolute atomic E-state index is 11.6. The lowest BCUT2D eigenvalue weighted by atomic mass is 9.96. The Labute approximate surface area is 116 Å². The zero-order valence-electron chi connectivity index (χ0n) is 12.5. The van der Waals surface area contributed by atoms with Gasteiger partial charge in [0.2, 0.25) is 0 Å². The standard InChI is InChI=1S/C14H28N2O3/c1-4-19-13(17)14(3,15)7-5-6-8-16-9-10-18-11-12(16)2/h12H,4-11,15H2,1-3H3. The molecule has 0 spiro atoms. The third-order valence-corrected chi connectivity index (χ3v) is 3.64. The van der Waals surface area contributed by atoms with Gasteiger partial charge in [0.05, 0.1) is 19.8 Å². The van der Waals surface area contributed by atoms with Gasteiger partial charge in [-0.15, -0.1) is 0 Å². The Morgan fingerprint density at radius 2 is 2.26 bits per heavy atom. The Morgan fingerprint density at radius 3 is 2.89 bits per heavy atom. The first kappa shape index (κ1) is 16.4. The number of hydrogen-bond donors (Lipinski definition) is 1. The van der Waals surface area contributed by atoms with E-state index in [9.17, 15) is 4.79 Å². The molecule has 1 heterocycles. The van der Waals surface area contributed by atoms with E-state index in [1.807, 2.05) is 0 Å². The van der Waals surface area contributed by atoms with E-state index in [4.69, 9.17) is 15.2 Å². The number of rotatable bonds is 7. The lowest BCUT2D eigenvalue weighted by molar-refractivity contribution is -0.149. The smallest absolute Gasteiger partial charge is 0.325 e. The van der Waals surface area contributed by atoms with Gasteiger partial charge in [0.25, 0.3) is 0 Å². The Kier molecular flexibility index (Phi) is 6.75. The normalized spacial score (nSPS) is 23.9. The summed E-state index contributed by atoms with van der Waals surface area (Å²) in [6, 6.07) is 0.489. The van der Waals surface area contributed by atoms with E-state index in [0.29, 0.717) is 19.1 Å². The highest BCUT2D eigenvalue weighted by molar-refractivity contribution is 5.79. The molecule has 0 radical (unpaired) electrons. The molecule has 1 aliphatic rings. The summed E-state index contributed by atoms with van der Waals surface area (Å²) in [6.45, 7) is 9.81. The van der Waals surface area contributed by atoms with E-state index in [0.717, 1.165) is 39.1 Å². The third-order valence-electron chi connectivity index (χ3n) is 3.64. The summed E-state index contributed by atoms with van der Waals surface area (Å²) in [5.41, 5.74) is 5.13. The minimum atomic E-state index is -0.855. The van der Waals surface area contributed by atoms with Gasteiger partial charge < -0.3 is 15.2 Å². The minimum absolute atomic E-state index is 0.297. The fourth-order valence-electron chi connectivity index (χ4n) is 2.30. The molecular formula is C14H28N2O3. The predicted octanol–water partition coefficient (Wildman–Crippen LogP) is 1.16. The van der Waals surface area contributed by atoms with Crippen LogP contribution in [0.2, 0.25) is 0 Å². The number of nitrogens with two attached hydrogens (primary N) is 1. The van der Waals surface area contributed by atoms with Crippen molar-refractivity contribution in [2.45, 2.75) is 51.6 Å². The van der Waals surface area contributed by atoms with E-state index >= 15 is 0 Å². The molecule has 112 valence electrons. The van der Waals surface area contributed by atoms with Crippen molar-refractivity contribution in [1.82, 2.24) is 4.90 Å². The molecule has 0 saturated carbocycles. The number of nitrogens with zero attached hydrogens (tertiary/aromatic N) is 1. The minimum Gasteiger partial charge on any atom is -0.465 e. The summed E-state index contributed by atoms with van der Waals surface area (Å²) >= 11 is 0. The number of esters is 1. The van der Waals surface area contributed by atoms with Crippen molar-refractivity contribution in [3.8, 4) is 0 Å². The number of morpholine rings is 1. The van der Waals surface area contributed by atoms with Crippen LogP contribution < -0.4 is 5.73 Å². The number of carbonyl (C=O) groups is 1. The summed E-state index contributed by atoms with van der Waals surface area (Å²) in [5.74, 6) is -0.297. The number of carbonyl (C=O) groups excluding carboxylic acids is 1. The zero-order valence-corrected chi connectivity index (χ0v) is 12.5. The molecule has 0 aromatic heterocycles. The second-order valence-corrected chi connectivity index (χ2v) is 5.55. The molecule has 1 fully saturated rings. The Bertz CT molecular complexity index is 282. The van der Waals surface area contributed by atoms with E-state index in [1.165, 1.54) is 0 Å². The van der Waals surface area contributed by atoms with Crippen molar-refractivity contribution in [2.24, 2.45) is 5.73 Å². The number of unbranched alkanes of at least 4 members (excludes halogenated alkanes) is 1. The maximum Gasteiger partial charge on any atom is 0.325 e. The fourth-order valence-corrected chi connectivity index (χ4v) is 2.30. The highest BCUT2D eigenvalue weighted by atomic mass is 16.5. The van der Waals surface area contributed by atoms with E-state index in [1.54, 1.807) is 13.8 Å². The zero-order chi connectivity index (χ0) is 14.3. The third kappa shape index (κ3) is 5.47. The Hall–Kier alpha value is -0.650. The van der Waals surface area contributed by atoms with Crippen LogP contribution in [0, 0.1) is 0 Å². The van der Waals surface area contributed by atoms with Gasteiger partial charge in [-0.3, -0.25) is 9.69 Å². The van der Waals surface area contributed by atoms with Gasteiger partial charge in [-0.05, 0) is 46.6 Å². The van der Waals surface area contributed by atoms with Gasteiger partial charge in [-0.1, -0.05) is 0 Å². The molecule has 0 aliphatic carbocycles.